The summed E-state index contributed by atoms with van der Waals surface area (Å²) in [6, 6.07) is 15.8. The zero-order chi connectivity index (χ0) is 20.4. The number of carbonyl (C=O) groups is 1. The zero-order valence-electron chi connectivity index (χ0n) is 15.8. The maximum atomic E-state index is 12.8. The highest BCUT2D eigenvalue weighted by atomic mass is 35.5. The Kier molecular flexibility index (Phi) is 4.94. The summed E-state index contributed by atoms with van der Waals surface area (Å²) in [7, 11) is 0. The molecule has 2 heterocycles. The van der Waals surface area contributed by atoms with E-state index in [1.165, 1.54) is 0 Å². The summed E-state index contributed by atoms with van der Waals surface area (Å²) in [5, 5.41) is 3.47. The van der Waals surface area contributed by atoms with Crippen molar-refractivity contribution in [1.29, 1.82) is 0 Å². The molecule has 2 aromatic carbocycles. The highest BCUT2D eigenvalue weighted by Crippen LogP contribution is 2.27. The van der Waals surface area contributed by atoms with Gasteiger partial charge in [-0.1, -0.05) is 11.6 Å². The number of rotatable bonds is 5. The Hall–Kier alpha value is -3.38. The van der Waals surface area contributed by atoms with Gasteiger partial charge < -0.3 is 14.5 Å². The van der Waals surface area contributed by atoms with Gasteiger partial charge in [0.1, 0.15) is 11.3 Å². The van der Waals surface area contributed by atoms with Crippen molar-refractivity contribution in [2.75, 3.05) is 5.32 Å². The quantitative estimate of drug-likeness (QED) is 0.483. The summed E-state index contributed by atoms with van der Waals surface area (Å²) < 4.78 is 11.6. The van der Waals surface area contributed by atoms with Gasteiger partial charge in [0.2, 0.25) is 5.89 Å². The van der Waals surface area contributed by atoms with E-state index in [1.807, 2.05) is 12.1 Å². The van der Waals surface area contributed by atoms with Gasteiger partial charge in [0.15, 0.2) is 11.2 Å². The van der Waals surface area contributed by atoms with E-state index < -0.39 is 5.60 Å². The third-order valence-corrected chi connectivity index (χ3v) is 4.54. The number of nitrogens with zero attached hydrogens (tertiary/aromatic N) is 2. The van der Waals surface area contributed by atoms with Crippen LogP contribution in [0.5, 0.6) is 5.75 Å². The van der Waals surface area contributed by atoms with Gasteiger partial charge >= 0.3 is 0 Å². The van der Waals surface area contributed by atoms with Crippen molar-refractivity contribution in [3.05, 3.63) is 72.0 Å². The van der Waals surface area contributed by atoms with Crippen LogP contribution in [-0.4, -0.2) is 21.5 Å². The molecule has 4 aromatic rings. The van der Waals surface area contributed by atoms with Gasteiger partial charge in [0.25, 0.3) is 5.91 Å². The number of carbonyl (C=O) groups excluding carboxylic acids is 1. The zero-order valence-corrected chi connectivity index (χ0v) is 16.6. The van der Waals surface area contributed by atoms with E-state index in [4.69, 9.17) is 20.8 Å². The van der Waals surface area contributed by atoms with Gasteiger partial charge in [-0.3, -0.25) is 9.78 Å². The summed E-state index contributed by atoms with van der Waals surface area (Å²) in [5.41, 5.74) is 1.55. The molecule has 1 N–H and O–H groups in total. The fraction of sp³-hybridized carbons (Fsp3) is 0.136. The largest absolute Gasteiger partial charge is 0.478 e. The van der Waals surface area contributed by atoms with Crippen LogP contribution in [0.1, 0.15) is 13.8 Å². The first-order valence-electron chi connectivity index (χ1n) is 8.98. The van der Waals surface area contributed by atoms with Crippen LogP contribution >= 0.6 is 11.6 Å². The first-order valence-corrected chi connectivity index (χ1v) is 9.35. The fourth-order valence-electron chi connectivity index (χ4n) is 2.74. The molecule has 29 heavy (non-hydrogen) atoms. The highest BCUT2D eigenvalue weighted by Gasteiger charge is 2.30. The molecule has 0 unspecified atom stereocenters. The van der Waals surface area contributed by atoms with Crippen LogP contribution in [-0.2, 0) is 4.79 Å². The molecule has 0 aliphatic heterocycles. The minimum atomic E-state index is -1.09. The lowest BCUT2D eigenvalue weighted by Crippen LogP contribution is -2.42. The molecule has 0 saturated carbocycles. The number of fused-ring (bicyclic) bond motifs is 1. The number of aromatic nitrogens is 2. The van der Waals surface area contributed by atoms with Gasteiger partial charge in [-0.05, 0) is 68.4 Å². The number of anilines is 1. The fourth-order valence-corrected chi connectivity index (χ4v) is 2.87. The molecule has 0 atom stereocenters. The Labute approximate surface area is 172 Å². The number of pyridine rings is 1. The Bertz CT molecular complexity index is 1160. The van der Waals surface area contributed by atoms with Gasteiger partial charge in [0.05, 0.1) is 5.56 Å². The molecule has 0 saturated heterocycles. The lowest BCUT2D eigenvalue weighted by molar-refractivity contribution is -0.128. The second-order valence-electron chi connectivity index (χ2n) is 6.96. The highest BCUT2D eigenvalue weighted by molar-refractivity contribution is 6.30. The molecular weight excluding hydrogens is 390 g/mol. The number of oxazole rings is 1. The van der Waals surface area contributed by atoms with Crippen molar-refractivity contribution >= 4 is 34.3 Å². The standard InChI is InChI=1S/C22H18ClN3O3/c1-22(2,29-17-8-5-15(23)6-9-17)21(27)25-16-7-10-19-18(12-16)26-20(28-19)14-4-3-11-24-13-14/h3-13H,1-2H3,(H,25,27). The van der Waals surface area contributed by atoms with E-state index in [1.54, 1.807) is 68.7 Å². The lowest BCUT2D eigenvalue weighted by Gasteiger charge is -2.25. The molecule has 4 rings (SSSR count). The number of hydrogen-bond acceptors (Lipinski definition) is 5. The average molecular weight is 408 g/mol. The van der Waals surface area contributed by atoms with Crippen LogP contribution in [0.15, 0.2) is 71.4 Å². The SMILES string of the molecule is CC(C)(Oc1ccc(Cl)cc1)C(=O)Nc1ccc2oc(-c3cccnc3)nc2c1. The van der Waals surface area contributed by atoms with Crippen LogP contribution in [0.25, 0.3) is 22.6 Å². The monoisotopic (exact) mass is 407 g/mol. The van der Waals surface area contributed by atoms with Crippen molar-refractivity contribution in [3.8, 4) is 17.2 Å². The van der Waals surface area contributed by atoms with Crippen molar-refractivity contribution in [3.63, 3.8) is 0 Å². The van der Waals surface area contributed by atoms with E-state index in [0.717, 1.165) is 5.56 Å². The Balaban J connectivity index is 1.52. The average Bonchev–Trinajstić information content (AvgIpc) is 3.14. The number of nitrogens with one attached hydrogen (secondary N) is 1. The van der Waals surface area contributed by atoms with Crippen molar-refractivity contribution < 1.29 is 13.9 Å². The molecule has 0 radical (unpaired) electrons. The molecule has 146 valence electrons. The topological polar surface area (TPSA) is 77.2 Å². The number of ether oxygens (including phenoxy) is 1. The van der Waals surface area contributed by atoms with Gasteiger partial charge in [-0.15, -0.1) is 0 Å². The van der Waals surface area contributed by atoms with E-state index >= 15 is 0 Å². The summed E-state index contributed by atoms with van der Waals surface area (Å²) in [6.45, 7) is 3.40. The predicted octanol–water partition coefficient (Wildman–Crippen LogP) is 5.34. The second-order valence-corrected chi connectivity index (χ2v) is 7.40. The van der Waals surface area contributed by atoms with E-state index in [9.17, 15) is 4.79 Å². The molecule has 7 heteroatoms. The van der Waals surface area contributed by atoms with Crippen LogP contribution in [0.2, 0.25) is 5.02 Å². The van der Waals surface area contributed by atoms with Crippen molar-refractivity contribution in [2.24, 2.45) is 0 Å². The third kappa shape index (κ3) is 4.22. The number of halogens is 1. The van der Waals surface area contributed by atoms with Crippen molar-refractivity contribution in [1.82, 2.24) is 9.97 Å². The Morgan fingerprint density at radius 3 is 2.66 bits per heavy atom. The minimum absolute atomic E-state index is 0.289. The van der Waals surface area contributed by atoms with Crippen molar-refractivity contribution in [2.45, 2.75) is 19.4 Å². The van der Waals surface area contributed by atoms with Gasteiger partial charge in [-0.25, -0.2) is 4.98 Å². The molecule has 6 nitrogen and oxygen atoms in total. The minimum Gasteiger partial charge on any atom is -0.478 e. The van der Waals surface area contributed by atoms with Gasteiger partial charge in [-0.2, -0.15) is 0 Å². The normalized spacial score (nSPS) is 11.4. The number of amides is 1. The lowest BCUT2D eigenvalue weighted by atomic mass is 10.1. The second kappa shape index (κ2) is 7.56. The summed E-state index contributed by atoms with van der Waals surface area (Å²) in [4.78, 5) is 21.3. The summed E-state index contributed by atoms with van der Waals surface area (Å²) in [6.07, 6.45) is 3.37. The first kappa shape index (κ1) is 19.0. The maximum Gasteiger partial charge on any atom is 0.267 e. The Morgan fingerprint density at radius 2 is 1.93 bits per heavy atom. The Morgan fingerprint density at radius 1 is 1.14 bits per heavy atom. The number of hydrogen-bond donors (Lipinski definition) is 1. The molecule has 0 aliphatic rings. The molecule has 0 bridgehead atoms. The van der Waals surface area contributed by atoms with E-state index in [-0.39, 0.29) is 5.91 Å². The summed E-state index contributed by atoms with van der Waals surface area (Å²) in [5.74, 6) is 0.744. The first-order chi connectivity index (χ1) is 13.9. The molecule has 0 spiro atoms. The van der Waals surface area contributed by atoms with Gasteiger partial charge in [0, 0.05) is 23.1 Å². The third-order valence-electron chi connectivity index (χ3n) is 4.29. The van der Waals surface area contributed by atoms with Crippen LogP contribution in [0.4, 0.5) is 5.69 Å². The maximum absolute atomic E-state index is 12.8. The molecule has 0 aliphatic carbocycles. The molecular formula is C22H18ClN3O3. The van der Waals surface area contributed by atoms with Crippen LogP contribution in [0.3, 0.4) is 0 Å². The smallest absolute Gasteiger partial charge is 0.267 e. The van der Waals surface area contributed by atoms with Crippen LogP contribution < -0.4 is 10.1 Å². The molecule has 2 aromatic heterocycles. The predicted molar refractivity (Wildman–Crippen MR) is 112 cm³/mol. The summed E-state index contributed by atoms with van der Waals surface area (Å²) >= 11 is 5.89. The molecule has 0 fully saturated rings. The van der Waals surface area contributed by atoms with E-state index in [0.29, 0.717) is 33.4 Å². The van der Waals surface area contributed by atoms with Crippen LogP contribution in [0, 0.1) is 0 Å². The van der Waals surface area contributed by atoms with E-state index in [2.05, 4.69) is 15.3 Å². The molecule has 1 amide bonds. The number of benzene rings is 2.